The van der Waals surface area contributed by atoms with Crippen LogP contribution in [0, 0.1) is 5.41 Å². The number of methoxy groups -OCH3 is 1. The van der Waals surface area contributed by atoms with Gasteiger partial charge >= 0.3 is 0 Å². The van der Waals surface area contributed by atoms with Crippen molar-refractivity contribution in [2.24, 2.45) is 5.41 Å². The lowest BCUT2D eigenvalue weighted by Crippen LogP contribution is -2.37. The van der Waals surface area contributed by atoms with Gasteiger partial charge in [-0.1, -0.05) is 19.3 Å². The van der Waals surface area contributed by atoms with E-state index in [-0.39, 0.29) is 11.3 Å². The number of amides is 1. The maximum Gasteiger partial charge on any atom is 0.233 e. The van der Waals surface area contributed by atoms with Crippen LogP contribution >= 0.6 is 0 Å². The van der Waals surface area contributed by atoms with Crippen LogP contribution < -0.4 is 0 Å². The first kappa shape index (κ1) is 14.3. The molecule has 1 aliphatic carbocycles. The number of hydrogen-bond donors (Lipinski definition) is 0. The van der Waals surface area contributed by atoms with Crippen LogP contribution in [0.3, 0.4) is 0 Å². The second kappa shape index (κ2) is 5.87. The molecule has 1 saturated carbocycles. The molecule has 2 fully saturated rings. The molecule has 0 aromatic rings. The number of likely N-dealkylation sites (tertiary alicyclic amines) is 1. The summed E-state index contributed by atoms with van der Waals surface area (Å²) in [5.74, 6) is 0.209. The molecular weight excluding hydrogens is 242 g/mol. The summed E-state index contributed by atoms with van der Waals surface area (Å²) in [6, 6.07) is 0. The van der Waals surface area contributed by atoms with E-state index in [4.69, 9.17) is 4.74 Å². The zero-order chi connectivity index (χ0) is 13.9. The SMILES string of the molecule is COC/C(=C(/C)C=O)N1CCC2(CCCCC2)C1=O. The van der Waals surface area contributed by atoms with Gasteiger partial charge in [0.1, 0.15) is 6.29 Å². The van der Waals surface area contributed by atoms with Crippen molar-refractivity contribution in [3.8, 4) is 0 Å². The molecule has 0 radical (unpaired) electrons. The standard InChI is InChI=1S/C15H23NO3/c1-12(10-17)13(11-19-2)16-9-8-15(14(16)18)6-4-3-5-7-15/h10H,3-9,11H2,1-2H3/b13-12+. The second-order valence-corrected chi connectivity index (χ2v) is 5.73. The lowest BCUT2D eigenvalue weighted by molar-refractivity contribution is -0.136. The molecule has 1 saturated heterocycles. The third-order valence-corrected chi connectivity index (χ3v) is 4.56. The Kier molecular flexibility index (Phi) is 4.40. The summed E-state index contributed by atoms with van der Waals surface area (Å²) in [5.41, 5.74) is 1.19. The van der Waals surface area contributed by atoms with Crippen LogP contribution in [0.25, 0.3) is 0 Å². The summed E-state index contributed by atoms with van der Waals surface area (Å²) in [6.07, 6.45) is 7.28. The Bertz CT molecular complexity index is 394. The van der Waals surface area contributed by atoms with E-state index in [2.05, 4.69) is 0 Å². The highest BCUT2D eigenvalue weighted by atomic mass is 16.5. The average Bonchev–Trinajstić information content (AvgIpc) is 2.74. The molecule has 2 aliphatic rings. The number of carbonyl (C=O) groups excluding carboxylic acids is 2. The number of nitrogens with zero attached hydrogens (tertiary/aromatic N) is 1. The maximum absolute atomic E-state index is 12.7. The van der Waals surface area contributed by atoms with Gasteiger partial charge in [-0.05, 0) is 26.2 Å². The molecule has 1 spiro atoms. The minimum absolute atomic E-state index is 0.152. The molecule has 106 valence electrons. The number of allylic oxidation sites excluding steroid dienone is 1. The number of hydrogen-bond acceptors (Lipinski definition) is 3. The molecule has 0 atom stereocenters. The molecule has 1 amide bonds. The topological polar surface area (TPSA) is 46.6 Å². The van der Waals surface area contributed by atoms with Gasteiger partial charge in [0.2, 0.25) is 5.91 Å². The van der Waals surface area contributed by atoms with E-state index in [0.29, 0.717) is 12.2 Å². The van der Waals surface area contributed by atoms with Crippen molar-refractivity contribution in [1.29, 1.82) is 0 Å². The van der Waals surface area contributed by atoms with Crippen LogP contribution in [0.15, 0.2) is 11.3 Å². The first-order chi connectivity index (χ1) is 9.14. The molecule has 0 N–H and O–H groups in total. The van der Waals surface area contributed by atoms with Crippen molar-refractivity contribution < 1.29 is 14.3 Å². The summed E-state index contributed by atoms with van der Waals surface area (Å²) in [4.78, 5) is 25.5. The van der Waals surface area contributed by atoms with E-state index in [1.54, 1.807) is 18.9 Å². The highest BCUT2D eigenvalue weighted by molar-refractivity contribution is 5.88. The summed E-state index contributed by atoms with van der Waals surface area (Å²) in [7, 11) is 1.59. The lowest BCUT2D eigenvalue weighted by atomic mass is 9.73. The molecule has 0 aromatic heterocycles. The fraction of sp³-hybridized carbons (Fsp3) is 0.733. The van der Waals surface area contributed by atoms with E-state index < -0.39 is 0 Å². The number of aldehydes is 1. The number of carbonyl (C=O) groups is 2. The fourth-order valence-electron chi connectivity index (χ4n) is 3.38. The van der Waals surface area contributed by atoms with Crippen LogP contribution in [0.1, 0.15) is 45.4 Å². The van der Waals surface area contributed by atoms with Crippen molar-refractivity contribution in [2.45, 2.75) is 45.4 Å². The Labute approximate surface area is 114 Å². The van der Waals surface area contributed by atoms with Crippen molar-refractivity contribution in [3.63, 3.8) is 0 Å². The second-order valence-electron chi connectivity index (χ2n) is 5.73. The Balaban J connectivity index is 2.22. The molecule has 1 aliphatic heterocycles. The van der Waals surface area contributed by atoms with E-state index in [0.717, 1.165) is 50.6 Å². The highest BCUT2D eigenvalue weighted by Crippen LogP contribution is 2.45. The summed E-state index contributed by atoms with van der Waals surface area (Å²) in [6.45, 7) is 2.80. The van der Waals surface area contributed by atoms with Gasteiger partial charge in [0.25, 0.3) is 0 Å². The molecule has 0 aromatic carbocycles. The first-order valence-electron chi connectivity index (χ1n) is 7.10. The van der Waals surface area contributed by atoms with Gasteiger partial charge in [0, 0.05) is 19.2 Å². The van der Waals surface area contributed by atoms with Crippen molar-refractivity contribution >= 4 is 12.2 Å². The number of rotatable bonds is 4. The minimum Gasteiger partial charge on any atom is -0.378 e. The molecule has 4 nitrogen and oxygen atoms in total. The Morgan fingerprint density at radius 3 is 2.58 bits per heavy atom. The molecular formula is C15H23NO3. The van der Waals surface area contributed by atoms with E-state index in [9.17, 15) is 9.59 Å². The summed E-state index contributed by atoms with van der Waals surface area (Å²) < 4.78 is 5.15. The maximum atomic E-state index is 12.7. The van der Waals surface area contributed by atoms with Gasteiger partial charge in [0.15, 0.2) is 0 Å². The van der Waals surface area contributed by atoms with E-state index >= 15 is 0 Å². The zero-order valence-corrected chi connectivity index (χ0v) is 11.9. The molecule has 2 rings (SSSR count). The largest absolute Gasteiger partial charge is 0.378 e. The van der Waals surface area contributed by atoms with Gasteiger partial charge in [-0.3, -0.25) is 9.59 Å². The Morgan fingerprint density at radius 1 is 1.32 bits per heavy atom. The van der Waals surface area contributed by atoms with Crippen molar-refractivity contribution in [1.82, 2.24) is 4.90 Å². The third-order valence-electron chi connectivity index (χ3n) is 4.56. The lowest BCUT2D eigenvalue weighted by Gasteiger charge is -2.32. The fourth-order valence-corrected chi connectivity index (χ4v) is 3.38. The number of ether oxygens (including phenoxy) is 1. The van der Waals surface area contributed by atoms with Gasteiger partial charge in [-0.25, -0.2) is 0 Å². The molecule has 4 heteroatoms. The quantitative estimate of drug-likeness (QED) is 0.579. The van der Waals surface area contributed by atoms with Crippen LogP contribution in [-0.4, -0.2) is 37.4 Å². The van der Waals surface area contributed by atoms with Crippen LogP contribution in [-0.2, 0) is 14.3 Å². The minimum atomic E-state index is -0.152. The van der Waals surface area contributed by atoms with Gasteiger partial charge in [0.05, 0.1) is 17.7 Å². The summed E-state index contributed by atoms with van der Waals surface area (Å²) >= 11 is 0. The smallest absolute Gasteiger partial charge is 0.233 e. The van der Waals surface area contributed by atoms with Gasteiger partial charge < -0.3 is 9.64 Å². The highest BCUT2D eigenvalue weighted by Gasteiger charge is 2.47. The molecule has 0 unspecified atom stereocenters. The predicted octanol–water partition coefficient (Wildman–Crippen LogP) is 2.29. The first-order valence-corrected chi connectivity index (χ1v) is 7.10. The predicted molar refractivity (Wildman–Crippen MR) is 72.5 cm³/mol. The van der Waals surface area contributed by atoms with E-state index in [1.165, 1.54) is 6.42 Å². The Morgan fingerprint density at radius 2 is 2.00 bits per heavy atom. The monoisotopic (exact) mass is 265 g/mol. The molecule has 1 heterocycles. The van der Waals surface area contributed by atoms with Crippen LogP contribution in [0.2, 0.25) is 0 Å². The Hall–Kier alpha value is -1.16. The van der Waals surface area contributed by atoms with E-state index in [1.807, 2.05) is 0 Å². The normalized spacial score (nSPS) is 23.7. The van der Waals surface area contributed by atoms with Crippen LogP contribution in [0.4, 0.5) is 0 Å². The third kappa shape index (κ3) is 2.59. The van der Waals surface area contributed by atoms with Gasteiger partial charge in [-0.15, -0.1) is 0 Å². The van der Waals surface area contributed by atoms with Crippen molar-refractivity contribution in [3.05, 3.63) is 11.3 Å². The summed E-state index contributed by atoms with van der Waals surface area (Å²) in [5, 5.41) is 0. The zero-order valence-electron chi connectivity index (χ0n) is 11.9. The average molecular weight is 265 g/mol. The van der Waals surface area contributed by atoms with Crippen LogP contribution in [0.5, 0.6) is 0 Å². The molecule has 0 bridgehead atoms. The molecule has 19 heavy (non-hydrogen) atoms. The van der Waals surface area contributed by atoms with Gasteiger partial charge in [-0.2, -0.15) is 0 Å². The van der Waals surface area contributed by atoms with Crippen molar-refractivity contribution in [2.75, 3.05) is 20.3 Å².